The predicted molar refractivity (Wildman–Crippen MR) is 280 cm³/mol. The van der Waals surface area contributed by atoms with Crippen molar-refractivity contribution in [1.82, 2.24) is 0 Å². The second kappa shape index (κ2) is 41.1. The molecule has 5 aromatic carbocycles. The van der Waals surface area contributed by atoms with Gasteiger partial charge in [0.05, 0.1) is 39.2 Å². The summed E-state index contributed by atoms with van der Waals surface area (Å²) in [5.74, 6) is 0.553. The van der Waals surface area contributed by atoms with Crippen LogP contribution in [0.5, 0.6) is 0 Å². The van der Waals surface area contributed by atoms with E-state index in [2.05, 4.69) is 24.3 Å². The molecule has 0 spiro atoms. The van der Waals surface area contributed by atoms with Gasteiger partial charge in [-0.3, -0.25) is 9.36 Å². The molecule has 0 saturated carbocycles. The number of aldehydes is 1. The van der Waals surface area contributed by atoms with E-state index >= 15 is 0 Å². The number of allylic oxidation sites excluding steroid dienone is 3. The third kappa shape index (κ3) is 32.3. The van der Waals surface area contributed by atoms with Gasteiger partial charge in [0.25, 0.3) is 0 Å². The Hall–Kier alpha value is -3.39. The number of rotatable bonds is 18. The highest BCUT2D eigenvalue weighted by atomic mass is 35.5. The highest BCUT2D eigenvalue weighted by molar-refractivity contribution is 7.53. The van der Waals surface area contributed by atoms with Gasteiger partial charge in [-0.25, -0.2) is 0 Å². The van der Waals surface area contributed by atoms with E-state index in [1.165, 1.54) is 11.6 Å². The highest BCUT2D eigenvalue weighted by Gasteiger charge is 2.23. The Morgan fingerprint density at radius 3 is 1.17 bits per heavy atom. The number of carbonyl (C=O) groups excluding carboxylic acids is 1. The van der Waals surface area contributed by atoms with Crippen molar-refractivity contribution in [2.75, 3.05) is 33.0 Å². The van der Waals surface area contributed by atoms with Gasteiger partial charge in [-0.2, -0.15) is 0 Å². The molecule has 13 heteroatoms. The molecule has 0 fully saturated rings. The Balaban J connectivity index is 0. The summed E-state index contributed by atoms with van der Waals surface area (Å²) in [7, 11) is -4.06. The summed E-state index contributed by atoms with van der Waals surface area (Å²) in [6, 6.07) is 42.4. The summed E-state index contributed by atoms with van der Waals surface area (Å²) in [6.07, 6.45) is 12.5. The molecule has 0 bridgehead atoms. The lowest BCUT2D eigenvalue weighted by atomic mass is 10.2. The molecule has 0 aliphatic rings. The monoisotopic (exact) mass is 992 g/mol. The minimum atomic E-state index is -3.00. The van der Waals surface area contributed by atoms with E-state index in [0.717, 1.165) is 38.6 Å². The molecule has 5 rings (SSSR count). The van der Waals surface area contributed by atoms with Gasteiger partial charge in [0.15, 0.2) is 0 Å². The number of halogens is 4. The molecule has 0 atom stereocenters. The molecule has 0 N–H and O–H groups in total. The lowest BCUT2D eigenvalue weighted by Gasteiger charge is -2.16. The summed E-state index contributed by atoms with van der Waals surface area (Å²) in [6.45, 7) is 12.1. The van der Waals surface area contributed by atoms with Crippen molar-refractivity contribution in [1.29, 1.82) is 0 Å². The number of hydrogen-bond donors (Lipinski definition) is 0. The Labute approximate surface area is 405 Å². The maximum Gasteiger partial charge on any atom is 0.335 e. The van der Waals surface area contributed by atoms with E-state index in [-0.39, 0.29) is 21.0 Å². The van der Waals surface area contributed by atoms with E-state index in [1.807, 2.05) is 142 Å². The molecule has 0 radical (unpaired) electrons. The fourth-order valence-corrected chi connectivity index (χ4v) is 7.64. The van der Waals surface area contributed by atoms with Crippen LogP contribution in [0.3, 0.4) is 0 Å². The molecular formula is C51H66Cl4O7P2. The van der Waals surface area contributed by atoms with Gasteiger partial charge in [-0.1, -0.05) is 177 Å². The maximum absolute atomic E-state index is 12.2. The van der Waals surface area contributed by atoms with Gasteiger partial charge in [0.1, 0.15) is 6.29 Å². The van der Waals surface area contributed by atoms with E-state index in [9.17, 15) is 9.36 Å². The number of alkyl halides is 1. The first-order valence-corrected chi connectivity index (χ1v) is 24.5. The third-order valence-corrected chi connectivity index (χ3v) is 11.8. The minimum absolute atomic E-state index is 0. The Morgan fingerprint density at radius 1 is 0.484 bits per heavy atom. The molecule has 7 nitrogen and oxygen atoms in total. The first-order valence-electron chi connectivity index (χ1n) is 20.0. The molecule has 0 amide bonds. The fraction of sp³-hybridized carbons (Fsp3) is 0.275. The second-order valence-corrected chi connectivity index (χ2v) is 16.9. The van der Waals surface area contributed by atoms with Crippen LogP contribution < -0.4 is 0 Å². The minimum Gasteiger partial charge on any atom is -0.313 e. The van der Waals surface area contributed by atoms with E-state index in [0.29, 0.717) is 43.9 Å². The molecule has 0 saturated heterocycles. The van der Waals surface area contributed by atoms with Gasteiger partial charge in [-0.05, 0) is 105 Å². The average Bonchev–Trinajstić information content (AvgIpc) is 3.28. The van der Waals surface area contributed by atoms with Gasteiger partial charge < -0.3 is 22.6 Å². The molecule has 0 unspecified atom stereocenters. The van der Waals surface area contributed by atoms with Crippen molar-refractivity contribution in [3.63, 3.8) is 0 Å². The molecule has 0 aliphatic heterocycles. The molecular weight excluding hydrogens is 928 g/mol. The SMILES string of the molecule is C.C.CCOP(=O)(Cc1ccc(Cl)cc1)OCC.CCOP(OCC)OCC.ClCc1ccc(Cl)cc1.Clc1ccc(/C=C/C=C/c2ccccc2)cc1.O=C/C=C/c1ccccc1. The second-order valence-electron chi connectivity index (χ2n) is 12.1. The van der Waals surface area contributed by atoms with Gasteiger partial charge >= 0.3 is 16.2 Å². The van der Waals surface area contributed by atoms with E-state index in [4.69, 9.17) is 69.0 Å². The standard InChI is InChI=1S/C16H13Cl.C11H16ClO3P.C9H8O.C7H6Cl2.C6H15O3P.2CH4/c17-16-12-10-15(11-13-16)9-5-4-8-14-6-2-1-3-7-14;1-3-14-16(13,15-4-2)9-10-5-7-11(12)8-6-10;10-8-4-7-9-5-2-1-3-6-9;8-5-6-1-3-7(9)4-2-6;1-4-7-10(8-5-2)9-6-3;;/h1-13H;5-8H,3-4,9H2,1-2H3;1-8H;1-4H,5H2;4-6H2,1-3H3;2*1H4/b8-4+,9-5+;;7-4+;;;;. The molecule has 0 aliphatic carbocycles. The van der Waals surface area contributed by atoms with Gasteiger partial charge in [-0.15, -0.1) is 11.6 Å². The van der Waals surface area contributed by atoms with Crippen molar-refractivity contribution in [3.05, 3.63) is 195 Å². The Morgan fingerprint density at radius 2 is 0.828 bits per heavy atom. The van der Waals surface area contributed by atoms with E-state index in [1.54, 1.807) is 32.1 Å². The van der Waals surface area contributed by atoms with Gasteiger partial charge in [0, 0.05) is 20.9 Å². The Bertz CT molecular complexity index is 1960. The predicted octanol–water partition coefficient (Wildman–Crippen LogP) is 17.7. The topological polar surface area (TPSA) is 80.3 Å². The summed E-state index contributed by atoms with van der Waals surface area (Å²) in [5, 5.41) is 2.18. The largest absolute Gasteiger partial charge is 0.335 e. The smallest absolute Gasteiger partial charge is 0.313 e. The van der Waals surface area contributed by atoms with Crippen molar-refractivity contribution >= 4 is 87.1 Å². The van der Waals surface area contributed by atoms with Crippen LogP contribution in [0.15, 0.2) is 152 Å². The van der Waals surface area contributed by atoms with Crippen LogP contribution in [0.2, 0.25) is 15.1 Å². The molecule has 0 heterocycles. The normalized spacial score (nSPS) is 10.5. The van der Waals surface area contributed by atoms with Crippen LogP contribution in [0, 0.1) is 0 Å². The zero-order chi connectivity index (χ0) is 45.7. The summed E-state index contributed by atoms with van der Waals surface area (Å²) in [4.78, 5) is 9.89. The lowest BCUT2D eigenvalue weighted by molar-refractivity contribution is -0.104. The third-order valence-electron chi connectivity index (χ3n) is 7.24. The van der Waals surface area contributed by atoms with Crippen molar-refractivity contribution in [3.8, 4) is 0 Å². The molecule has 350 valence electrons. The van der Waals surface area contributed by atoms with Crippen LogP contribution in [-0.2, 0) is 44.0 Å². The summed E-state index contributed by atoms with van der Waals surface area (Å²) < 4.78 is 38.0. The molecule has 0 aromatic heterocycles. The van der Waals surface area contributed by atoms with Crippen LogP contribution in [-0.4, -0.2) is 39.3 Å². The fourth-order valence-electron chi connectivity index (χ4n) is 4.52. The highest BCUT2D eigenvalue weighted by Crippen LogP contribution is 2.51. The van der Waals surface area contributed by atoms with Crippen molar-refractivity contribution in [2.45, 2.75) is 61.5 Å². The first kappa shape index (κ1) is 62.7. The van der Waals surface area contributed by atoms with Crippen molar-refractivity contribution < 1.29 is 32.0 Å². The lowest BCUT2D eigenvalue weighted by Crippen LogP contribution is -1.98. The molecule has 64 heavy (non-hydrogen) atoms. The zero-order valence-corrected chi connectivity index (χ0v) is 40.8. The van der Waals surface area contributed by atoms with Gasteiger partial charge in [0.2, 0.25) is 0 Å². The number of hydrogen-bond acceptors (Lipinski definition) is 7. The summed E-state index contributed by atoms with van der Waals surface area (Å²) in [5.41, 5.74) is 5.39. The van der Waals surface area contributed by atoms with Crippen LogP contribution in [0.1, 0.15) is 77.3 Å². The van der Waals surface area contributed by atoms with Crippen LogP contribution in [0.4, 0.5) is 0 Å². The summed E-state index contributed by atoms with van der Waals surface area (Å²) >= 11 is 22.8. The van der Waals surface area contributed by atoms with E-state index < -0.39 is 16.2 Å². The maximum atomic E-state index is 12.2. The first-order chi connectivity index (χ1) is 30.0. The Kier molecular flexibility index (Phi) is 40.2. The number of benzene rings is 5. The van der Waals surface area contributed by atoms with Crippen LogP contribution >= 0.6 is 62.6 Å². The zero-order valence-electron chi connectivity index (χ0n) is 36.0. The number of carbonyl (C=O) groups is 1. The molecule has 5 aromatic rings. The quantitative estimate of drug-likeness (QED) is 0.0284. The van der Waals surface area contributed by atoms with Crippen LogP contribution in [0.25, 0.3) is 18.2 Å². The average molecular weight is 995 g/mol. The van der Waals surface area contributed by atoms with Crippen molar-refractivity contribution in [2.24, 2.45) is 0 Å².